The third-order valence-corrected chi connectivity index (χ3v) is 2.54. The Labute approximate surface area is 104 Å². The lowest BCUT2D eigenvalue weighted by molar-refractivity contribution is 0.0733. The normalized spacial score (nSPS) is 10.1. The molecule has 4 nitrogen and oxygen atoms in total. The highest BCUT2D eigenvalue weighted by Crippen LogP contribution is 2.10. The maximum absolute atomic E-state index is 11.9. The molecule has 1 N–H and O–H groups in total. The molecule has 2 rings (SSSR count). The molecule has 0 aliphatic carbocycles. The Bertz CT molecular complexity index is 602. The van der Waals surface area contributed by atoms with Crippen LogP contribution in [0.2, 0.25) is 0 Å². The Kier molecular flexibility index (Phi) is 3.57. The highest BCUT2D eigenvalue weighted by Gasteiger charge is 2.13. The lowest BCUT2D eigenvalue weighted by Gasteiger charge is -2.04. The van der Waals surface area contributed by atoms with E-state index < -0.39 is 11.5 Å². The molecule has 0 aliphatic heterocycles. The second-order valence-electron chi connectivity index (χ2n) is 3.81. The van der Waals surface area contributed by atoms with Gasteiger partial charge in [-0.05, 0) is 30.2 Å². The van der Waals surface area contributed by atoms with E-state index in [0.717, 1.165) is 12.0 Å². The van der Waals surface area contributed by atoms with Crippen LogP contribution in [0, 0.1) is 0 Å². The van der Waals surface area contributed by atoms with Gasteiger partial charge in [-0.25, -0.2) is 4.79 Å². The number of carbonyl (C=O) groups excluding carboxylic acids is 1. The molecule has 0 atom stereocenters. The molecule has 92 valence electrons. The average Bonchev–Trinajstić information content (AvgIpc) is 2.40. The molecule has 2 aromatic rings. The molecular weight excluding hydrogens is 230 g/mol. The number of aromatic amines is 1. The molecular formula is C14H13NO3. The number of hydrogen-bond donors (Lipinski definition) is 1. The summed E-state index contributed by atoms with van der Waals surface area (Å²) in [4.78, 5) is 26.0. The molecule has 0 aliphatic rings. The Hall–Kier alpha value is -2.36. The molecule has 1 heterocycles. The van der Waals surface area contributed by atoms with Crippen LogP contribution in [0.15, 0.2) is 47.4 Å². The van der Waals surface area contributed by atoms with E-state index in [-0.39, 0.29) is 5.56 Å². The zero-order valence-corrected chi connectivity index (χ0v) is 9.97. The predicted molar refractivity (Wildman–Crippen MR) is 67.8 cm³/mol. The predicted octanol–water partition coefficient (Wildman–Crippen LogP) is 2.16. The maximum Gasteiger partial charge on any atom is 0.349 e. The van der Waals surface area contributed by atoms with E-state index in [1.54, 1.807) is 36.5 Å². The molecule has 0 amide bonds. The van der Waals surface area contributed by atoms with Crippen molar-refractivity contribution in [1.29, 1.82) is 0 Å². The Morgan fingerprint density at radius 3 is 2.67 bits per heavy atom. The van der Waals surface area contributed by atoms with Crippen LogP contribution >= 0.6 is 0 Å². The van der Waals surface area contributed by atoms with Gasteiger partial charge in [-0.1, -0.05) is 25.1 Å². The molecule has 0 saturated heterocycles. The van der Waals surface area contributed by atoms with E-state index in [1.807, 2.05) is 13.0 Å². The molecule has 4 heteroatoms. The number of aryl methyl sites for hydroxylation is 1. The van der Waals surface area contributed by atoms with Gasteiger partial charge in [0.2, 0.25) is 0 Å². The van der Waals surface area contributed by atoms with Crippen molar-refractivity contribution in [2.45, 2.75) is 13.3 Å². The Morgan fingerprint density at radius 1 is 1.28 bits per heavy atom. The highest BCUT2D eigenvalue weighted by atomic mass is 16.5. The minimum absolute atomic E-state index is 0.0261. The topological polar surface area (TPSA) is 59.2 Å². The van der Waals surface area contributed by atoms with Gasteiger partial charge in [0, 0.05) is 6.20 Å². The van der Waals surface area contributed by atoms with E-state index in [1.165, 1.54) is 0 Å². The lowest BCUT2D eigenvalue weighted by atomic mass is 10.1. The zero-order chi connectivity index (χ0) is 13.0. The van der Waals surface area contributed by atoms with Crippen LogP contribution < -0.4 is 10.3 Å². The van der Waals surface area contributed by atoms with Gasteiger partial charge in [-0.3, -0.25) is 4.79 Å². The second kappa shape index (κ2) is 5.31. The molecule has 1 aromatic carbocycles. The summed E-state index contributed by atoms with van der Waals surface area (Å²) in [5.41, 5.74) is 0.473. The number of para-hydroxylation sites is 1. The van der Waals surface area contributed by atoms with Gasteiger partial charge in [0.1, 0.15) is 11.3 Å². The minimum Gasteiger partial charge on any atom is -0.423 e. The van der Waals surface area contributed by atoms with Crippen molar-refractivity contribution in [3.8, 4) is 5.75 Å². The van der Waals surface area contributed by atoms with Crippen LogP contribution in [-0.2, 0) is 6.42 Å². The standard InChI is InChI=1S/C14H13NO3/c1-2-10-8-12(13(16)15-9-10)14(17)18-11-6-4-3-5-7-11/h3-9H,2H2,1H3,(H,15,16). The first-order valence-corrected chi connectivity index (χ1v) is 5.69. The monoisotopic (exact) mass is 243 g/mol. The van der Waals surface area contributed by atoms with Crippen LogP contribution in [-0.4, -0.2) is 11.0 Å². The van der Waals surface area contributed by atoms with Crippen molar-refractivity contribution < 1.29 is 9.53 Å². The van der Waals surface area contributed by atoms with Crippen LogP contribution in [0.5, 0.6) is 5.75 Å². The molecule has 0 unspecified atom stereocenters. The van der Waals surface area contributed by atoms with Crippen LogP contribution in [0.4, 0.5) is 0 Å². The fourth-order valence-corrected chi connectivity index (χ4v) is 1.53. The van der Waals surface area contributed by atoms with Gasteiger partial charge < -0.3 is 9.72 Å². The molecule has 1 aromatic heterocycles. The Balaban J connectivity index is 2.26. The summed E-state index contributed by atoms with van der Waals surface area (Å²) in [5.74, 6) is -0.221. The Morgan fingerprint density at radius 2 is 2.00 bits per heavy atom. The quantitative estimate of drug-likeness (QED) is 0.663. The van der Waals surface area contributed by atoms with Crippen molar-refractivity contribution >= 4 is 5.97 Å². The second-order valence-corrected chi connectivity index (χ2v) is 3.81. The van der Waals surface area contributed by atoms with Gasteiger partial charge in [0.25, 0.3) is 5.56 Å². The first-order valence-electron chi connectivity index (χ1n) is 5.69. The number of benzene rings is 1. The van der Waals surface area contributed by atoms with Gasteiger partial charge in [0.05, 0.1) is 0 Å². The van der Waals surface area contributed by atoms with Crippen LogP contribution in [0.25, 0.3) is 0 Å². The van der Waals surface area contributed by atoms with Gasteiger partial charge >= 0.3 is 5.97 Å². The third-order valence-electron chi connectivity index (χ3n) is 2.54. The summed E-state index contributed by atoms with van der Waals surface area (Å²) in [6.45, 7) is 1.94. The van der Waals surface area contributed by atoms with E-state index >= 15 is 0 Å². The largest absolute Gasteiger partial charge is 0.423 e. The average molecular weight is 243 g/mol. The molecule has 18 heavy (non-hydrogen) atoms. The summed E-state index contributed by atoms with van der Waals surface area (Å²) >= 11 is 0. The first kappa shape index (κ1) is 12.1. The minimum atomic E-state index is -0.641. The van der Waals surface area contributed by atoms with E-state index in [4.69, 9.17) is 4.74 Å². The molecule has 0 fully saturated rings. The number of nitrogens with one attached hydrogen (secondary N) is 1. The fraction of sp³-hybridized carbons (Fsp3) is 0.143. The molecule has 0 spiro atoms. The first-order chi connectivity index (χ1) is 8.70. The highest BCUT2D eigenvalue weighted by molar-refractivity contribution is 5.90. The van der Waals surface area contributed by atoms with Gasteiger partial charge in [-0.2, -0.15) is 0 Å². The van der Waals surface area contributed by atoms with Crippen molar-refractivity contribution in [2.24, 2.45) is 0 Å². The number of hydrogen-bond acceptors (Lipinski definition) is 3. The van der Waals surface area contributed by atoms with Gasteiger partial charge in [-0.15, -0.1) is 0 Å². The summed E-state index contributed by atoms with van der Waals surface area (Å²) in [7, 11) is 0. The maximum atomic E-state index is 11.9. The molecule has 0 radical (unpaired) electrons. The van der Waals surface area contributed by atoms with E-state index in [0.29, 0.717) is 5.75 Å². The number of pyridine rings is 1. The summed E-state index contributed by atoms with van der Waals surface area (Å²) in [6, 6.07) is 10.2. The van der Waals surface area contributed by atoms with Gasteiger partial charge in [0.15, 0.2) is 0 Å². The van der Waals surface area contributed by atoms with E-state index in [9.17, 15) is 9.59 Å². The van der Waals surface area contributed by atoms with Crippen molar-refractivity contribution in [1.82, 2.24) is 4.98 Å². The van der Waals surface area contributed by atoms with Crippen LogP contribution in [0.1, 0.15) is 22.8 Å². The number of ether oxygens (including phenoxy) is 1. The van der Waals surface area contributed by atoms with Crippen molar-refractivity contribution in [3.63, 3.8) is 0 Å². The molecule has 0 saturated carbocycles. The van der Waals surface area contributed by atoms with E-state index in [2.05, 4.69) is 4.98 Å². The summed E-state index contributed by atoms with van der Waals surface area (Å²) in [6.07, 6.45) is 2.34. The summed E-state index contributed by atoms with van der Waals surface area (Å²) in [5, 5.41) is 0. The van der Waals surface area contributed by atoms with Crippen LogP contribution in [0.3, 0.4) is 0 Å². The lowest BCUT2D eigenvalue weighted by Crippen LogP contribution is -2.21. The number of aromatic nitrogens is 1. The zero-order valence-electron chi connectivity index (χ0n) is 9.97. The van der Waals surface area contributed by atoms with Crippen molar-refractivity contribution in [3.05, 3.63) is 64.1 Å². The SMILES string of the molecule is CCc1c[nH]c(=O)c(C(=O)Oc2ccccc2)c1. The smallest absolute Gasteiger partial charge is 0.349 e. The fourth-order valence-electron chi connectivity index (χ4n) is 1.53. The number of carbonyl (C=O) groups is 1. The summed E-state index contributed by atoms with van der Waals surface area (Å²) < 4.78 is 5.12. The molecule has 0 bridgehead atoms. The number of rotatable bonds is 3. The number of H-pyrrole nitrogens is 1. The number of esters is 1. The van der Waals surface area contributed by atoms with Crippen molar-refractivity contribution in [2.75, 3.05) is 0 Å². The third kappa shape index (κ3) is 2.66.